The normalized spacial score (nSPS) is 10.8. The lowest BCUT2D eigenvalue weighted by atomic mass is 10.1. The molecule has 192 valence electrons. The maximum Gasteiger partial charge on any atom is 0.322 e. The number of anilines is 1. The van der Waals surface area contributed by atoms with E-state index in [2.05, 4.69) is 10.3 Å². The highest BCUT2D eigenvalue weighted by Crippen LogP contribution is 2.27. The SMILES string of the molecule is COc1ccc(CCN(C)C(=O)c2csc(CN(C(=O)Nc3ccccc3F)C(C)C)n2)cc1OC. The molecule has 0 aliphatic heterocycles. The Morgan fingerprint density at radius 1 is 1.11 bits per heavy atom. The fraction of sp³-hybridized carbons (Fsp3) is 0.346. The maximum atomic E-state index is 14.0. The average molecular weight is 515 g/mol. The van der Waals surface area contributed by atoms with E-state index >= 15 is 0 Å². The first-order chi connectivity index (χ1) is 17.2. The van der Waals surface area contributed by atoms with Crippen molar-refractivity contribution in [2.75, 3.05) is 33.1 Å². The molecule has 10 heteroatoms. The van der Waals surface area contributed by atoms with Gasteiger partial charge < -0.3 is 24.6 Å². The molecule has 1 N–H and O–H groups in total. The standard InChI is InChI=1S/C26H31FN4O4S/c1-17(2)31(26(33)29-20-9-7-6-8-19(20)27)15-24-28-21(16-36-24)25(32)30(3)13-12-18-10-11-22(34-4)23(14-18)35-5/h6-11,14,16-17H,12-13,15H2,1-5H3,(H,29,33). The third-order valence-electron chi connectivity index (χ3n) is 5.61. The quantitative estimate of drug-likeness (QED) is 0.409. The Labute approximate surface area is 214 Å². The summed E-state index contributed by atoms with van der Waals surface area (Å²) in [5, 5.41) is 4.91. The molecule has 0 fully saturated rings. The first-order valence-corrected chi connectivity index (χ1v) is 12.3. The minimum atomic E-state index is -0.507. The molecule has 0 unspecified atom stereocenters. The number of nitrogens with zero attached hydrogens (tertiary/aromatic N) is 3. The molecule has 8 nitrogen and oxygen atoms in total. The fourth-order valence-corrected chi connectivity index (χ4v) is 4.26. The van der Waals surface area contributed by atoms with Gasteiger partial charge in [-0.25, -0.2) is 14.2 Å². The second kappa shape index (κ2) is 12.3. The lowest BCUT2D eigenvalue weighted by Crippen LogP contribution is -2.39. The van der Waals surface area contributed by atoms with Crippen LogP contribution in [0.1, 0.15) is 34.9 Å². The van der Waals surface area contributed by atoms with Crippen LogP contribution in [0.4, 0.5) is 14.9 Å². The average Bonchev–Trinajstić information content (AvgIpc) is 3.35. The summed E-state index contributed by atoms with van der Waals surface area (Å²) in [4.78, 5) is 33.3. The Kier molecular flexibility index (Phi) is 9.24. The number of hydrogen-bond acceptors (Lipinski definition) is 6. The molecule has 0 saturated carbocycles. The zero-order valence-electron chi connectivity index (χ0n) is 21.1. The van der Waals surface area contributed by atoms with E-state index in [0.29, 0.717) is 35.2 Å². The first-order valence-electron chi connectivity index (χ1n) is 11.5. The van der Waals surface area contributed by atoms with Gasteiger partial charge in [-0.05, 0) is 50.1 Å². The van der Waals surface area contributed by atoms with Gasteiger partial charge >= 0.3 is 6.03 Å². The molecule has 3 amide bonds. The van der Waals surface area contributed by atoms with Crippen molar-refractivity contribution >= 4 is 29.0 Å². The highest BCUT2D eigenvalue weighted by molar-refractivity contribution is 7.09. The predicted molar refractivity (Wildman–Crippen MR) is 138 cm³/mol. The minimum absolute atomic E-state index is 0.110. The van der Waals surface area contributed by atoms with Crippen molar-refractivity contribution in [3.63, 3.8) is 0 Å². The molecule has 0 aliphatic carbocycles. The van der Waals surface area contributed by atoms with E-state index in [1.54, 1.807) is 48.6 Å². The molecule has 0 radical (unpaired) electrons. The number of carbonyl (C=O) groups is 2. The zero-order chi connectivity index (χ0) is 26.2. The van der Waals surface area contributed by atoms with Crippen LogP contribution in [0.15, 0.2) is 47.8 Å². The number of halogens is 1. The summed E-state index contributed by atoms with van der Waals surface area (Å²) >= 11 is 1.31. The Morgan fingerprint density at radius 3 is 2.50 bits per heavy atom. The summed E-state index contributed by atoms with van der Waals surface area (Å²) in [6, 6.07) is 11.1. The minimum Gasteiger partial charge on any atom is -0.493 e. The highest BCUT2D eigenvalue weighted by Gasteiger charge is 2.22. The topological polar surface area (TPSA) is 84.0 Å². The summed E-state index contributed by atoms with van der Waals surface area (Å²) in [7, 11) is 4.90. The van der Waals surface area contributed by atoms with E-state index < -0.39 is 11.8 Å². The van der Waals surface area contributed by atoms with Crippen molar-refractivity contribution < 1.29 is 23.5 Å². The molecule has 0 saturated heterocycles. The number of hydrogen-bond donors (Lipinski definition) is 1. The van der Waals surface area contributed by atoms with Crippen LogP contribution in [0.5, 0.6) is 11.5 Å². The summed E-state index contributed by atoms with van der Waals surface area (Å²) in [5.41, 5.74) is 1.45. The van der Waals surface area contributed by atoms with Crippen LogP contribution in [0.3, 0.4) is 0 Å². The van der Waals surface area contributed by atoms with Gasteiger partial charge in [-0.2, -0.15) is 0 Å². The molecule has 1 aromatic heterocycles. The predicted octanol–water partition coefficient (Wildman–Crippen LogP) is 5.06. The van der Waals surface area contributed by atoms with E-state index in [-0.39, 0.29) is 24.2 Å². The summed E-state index contributed by atoms with van der Waals surface area (Å²) in [6.07, 6.45) is 0.636. The van der Waals surface area contributed by atoms with Crippen LogP contribution in [0, 0.1) is 5.82 Å². The van der Waals surface area contributed by atoms with Crippen LogP contribution in [0.2, 0.25) is 0 Å². The maximum absolute atomic E-state index is 14.0. The van der Waals surface area contributed by atoms with Gasteiger partial charge in [-0.15, -0.1) is 11.3 Å². The van der Waals surface area contributed by atoms with E-state index in [4.69, 9.17) is 9.47 Å². The van der Waals surface area contributed by atoms with Crippen molar-refractivity contribution in [2.45, 2.75) is 32.9 Å². The number of benzene rings is 2. The third kappa shape index (κ3) is 6.72. The number of methoxy groups -OCH3 is 2. The molecule has 2 aromatic carbocycles. The van der Waals surface area contributed by atoms with Crippen molar-refractivity contribution in [1.29, 1.82) is 0 Å². The summed E-state index contributed by atoms with van der Waals surface area (Å²) in [6.45, 7) is 4.42. The van der Waals surface area contributed by atoms with Gasteiger partial charge in [0.2, 0.25) is 0 Å². The number of ether oxygens (including phenoxy) is 2. The molecule has 3 aromatic rings. The second-order valence-corrected chi connectivity index (χ2v) is 9.37. The number of urea groups is 1. The van der Waals surface area contributed by atoms with Crippen molar-refractivity contribution in [1.82, 2.24) is 14.8 Å². The Hall–Kier alpha value is -3.66. The number of amides is 3. The highest BCUT2D eigenvalue weighted by atomic mass is 32.1. The summed E-state index contributed by atoms with van der Waals surface area (Å²) in [5.74, 6) is 0.582. The van der Waals surface area contributed by atoms with Crippen LogP contribution >= 0.6 is 11.3 Å². The van der Waals surface area contributed by atoms with Gasteiger partial charge in [0.05, 0.1) is 26.5 Å². The van der Waals surface area contributed by atoms with Crippen LogP contribution in [-0.4, -0.2) is 60.6 Å². The molecule has 36 heavy (non-hydrogen) atoms. The molecular weight excluding hydrogens is 483 g/mol. The smallest absolute Gasteiger partial charge is 0.322 e. The van der Waals surface area contributed by atoms with Crippen molar-refractivity contribution in [3.8, 4) is 11.5 Å². The van der Waals surface area contributed by atoms with E-state index in [1.165, 1.54) is 23.5 Å². The van der Waals surface area contributed by atoms with Crippen LogP contribution in [0.25, 0.3) is 0 Å². The lowest BCUT2D eigenvalue weighted by Gasteiger charge is -2.26. The monoisotopic (exact) mass is 514 g/mol. The molecule has 3 rings (SSSR count). The number of aromatic nitrogens is 1. The van der Waals surface area contributed by atoms with Crippen LogP contribution < -0.4 is 14.8 Å². The van der Waals surface area contributed by atoms with Gasteiger partial charge in [0, 0.05) is 25.0 Å². The van der Waals surface area contributed by atoms with E-state index in [1.807, 2.05) is 32.0 Å². The number of thiazole rings is 1. The van der Waals surface area contributed by atoms with Gasteiger partial charge in [-0.1, -0.05) is 18.2 Å². The molecule has 1 heterocycles. The molecule has 0 bridgehead atoms. The third-order valence-corrected chi connectivity index (χ3v) is 6.44. The fourth-order valence-electron chi connectivity index (χ4n) is 3.50. The molecule has 0 atom stereocenters. The Balaban J connectivity index is 1.61. The number of para-hydroxylation sites is 1. The number of likely N-dealkylation sites (N-methyl/N-ethyl adjacent to an activating group) is 1. The number of carbonyl (C=O) groups excluding carboxylic acids is 2. The molecule has 0 spiro atoms. The Bertz CT molecular complexity index is 1200. The molecule has 0 aliphatic rings. The van der Waals surface area contributed by atoms with Gasteiger partial charge in [0.25, 0.3) is 5.91 Å². The zero-order valence-corrected chi connectivity index (χ0v) is 21.9. The number of rotatable bonds is 10. The van der Waals surface area contributed by atoms with Crippen molar-refractivity contribution in [2.24, 2.45) is 0 Å². The molecular formula is C26H31FN4O4S. The Morgan fingerprint density at radius 2 is 1.83 bits per heavy atom. The van der Waals surface area contributed by atoms with Gasteiger partial charge in [-0.3, -0.25) is 4.79 Å². The van der Waals surface area contributed by atoms with E-state index in [0.717, 1.165) is 5.56 Å². The van der Waals surface area contributed by atoms with E-state index in [9.17, 15) is 14.0 Å². The number of nitrogens with one attached hydrogen (secondary N) is 1. The van der Waals surface area contributed by atoms with Gasteiger partial charge in [0.1, 0.15) is 16.5 Å². The summed E-state index contributed by atoms with van der Waals surface area (Å²) < 4.78 is 24.6. The second-order valence-electron chi connectivity index (χ2n) is 8.42. The van der Waals surface area contributed by atoms with Crippen LogP contribution in [-0.2, 0) is 13.0 Å². The first kappa shape index (κ1) is 26.9. The van der Waals surface area contributed by atoms with Crippen molar-refractivity contribution in [3.05, 3.63) is 69.9 Å². The lowest BCUT2D eigenvalue weighted by molar-refractivity contribution is 0.0791. The van der Waals surface area contributed by atoms with Gasteiger partial charge in [0.15, 0.2) is 11.5 Å². The largest absolute Gasteiger partial charge is 0.493 e.